The van der Waals surface area contributed by atoms with E-state index in [0.29, 0.717) is 12.4 Å². The zero-order chi connectivity index (χ0) is 16.1. The van der Waals surface area contributed by atoms with Gasteiger partial charge in [-0.15, -0.1) is 11.8 Å². The minimum Gasteiger partial charge on any atom is -0.494 e. The van der Waals surface area contributed by atoms with E-state index >= 15 is 0 Å². The molecular weight excluding hydrogens is 308 g/mol. The zero-order valence-corrected chi connectivity index (χ0v) is 14.7. The molecule has 4 nitrogen and oxygen atoms in total. The maximum absolute atomic E-state index is 12.2. The summed E-state index contributed by atoms with van der Waals surface area (Å²) >= 11 is 1.74. The third kappa shape index (κ3) is 4.21. The fourth-order valence-corrected chi connectivity index (χ4v) is 4.56. The van der Waals surface area contributed by atoms with E-state index in [1.807, 2.05) is 19.1 Å². The zero-order valence-electron chi connectivity index (χ0n) is 13.9. The number of hydrogen-bond acceptors (Lipinski definition) is 4. The van der Waals surface area contributed by atoms with Crippen LogP contribution >= 0.6 is 11.8 Å². The highest BCUT2D eigenvalue weighted by Gasteiger charge is 2.32. The van der Waals surface area contributed by atoms with Crippen molar-refractivity contribution in [2.24, 2.45) is 0 Å². The minimum absolute atomic E-state index is 0.164. The maximum atomic E-state index is 12.2. The number of carbonyl (C=O) groups excluding carboxylic acids is 1. The molecule has 1 atom stereocenters. The van der Waals surface area contributed by atoms with Crippen molar-refractivity contribution in [1.29, 1.82) is 0 Å². The standard InChI is InChI=1S/C18H26N2O2S/c1-2-22-16-8-6-15(7-9-16)18-20(17(21)14-23-18)13-5-12-19-10-3-4-11-19/h6-9,18H,2-5,10-14H2,1H3. The second-order valence-corrected chi connectivity index (χ2v) is 7.22. The second kappa shape index (κ2) is 8.06. The van der Waals surface area contributed by atoms with Gasteiger partial charge in [0.05, 0.1) is 12.4 Å². The van der Waals surface area contributed by atoms with Crippen LogP contribution in [0.25, 0.3) is 0 Å². The lowest BCUT2D eigenvalue weighted by molar-refractivity contribution is -0.128. The number of rotatable bonds is 7. The van der Waals surface area contributed by atoms with E-state index in [0.717, 1.165) is 25.3 Å². The Morgan fingerprint density at radius 2 is 1.91 bits per heavy atom. The summed E-state index contributed by atoms with van der Waals surface area (Å²) < 4.78 is 5.50. The molecule has 3 rings (SSSR count). The number of likely N-dealkylation sites (tertiary alicyclic amines) is 1. The fourth-order valence-electron chi connectivity index (χ4n) is 3.34. The monoisotopic (exact) mass is 334 g/mol. The second-order valence-electron chi connectivity index (χ2n) is 6.15. The smallest absolute Gasteiger partial charge is 0.233 e. The SMILES string of the molecule is CCOc1ccc(C2SCC(=O)N2CCCN2CCCC2)cc1. The van der Waals surface area contributed by atoms with Crippen molar-refractivity contribution in [2.45, 2.75) is 31.6 Å². The molecule has 0 N–H and O–H groups in total. The van der Waals surface area contributed by atoms with Crippen LogP contribution in [0, 0.1) is 0 Å². The maximum Gasteiger partial charge on any atom is 0.233 e. The highest BCUT2D eigenvalue weighted by atomic mass is 32.2. The Hall–Kier alpha value is -1.20. The molecule has 126 valence electrons. The number of ether oxygens (including phenoxy) is 1. The van der Waals surface area contributed by atoms with Crippen molar-refractivity contribution in [3.05, 3.63) is 29.8 Å². The Bertz CT molecular complexity index is 514. The van der Waals surface area contributed by atoms with Crippen LogP contribution in [0.3, 0.4) is 0 Å². The van der Waals surface area contributed by atoms with Gasteiger partial charge in [0.2, 0.25) is 5.91 Å². The first-order chi connectivity index (χ1) is 11.3. The quantitative estimate of drug-likeness (QED) is 0.767. The van der Waals surface area contributed by atoms with E-state index in [1.54, 1.807) is 11.8 Å². The summed E-state index contributed by atoms with van der Waals surface area (Å²) in [5, 5.41) is 0.164. The van der Waals surface area contributed by atoms with Gasteiger partial charge in [-0.1, -0.05) is 12.1 Å². The summed E-state index contributed by atoms with van der Waals surface area (Å²) in [6.07, 6.45) is 3.72. The highest BCUT2D eigenvalue weighted by Crippen LogP contribution is 2.39. The van der Waals surface area contributed by atoms with Crippen LogP contribution in [-0.4, -0.2) is 54.2 Å². The van der Waals surface area contributed by atoms with Crippen molar-refractivity contribution in [3.63, 3.8) is 0 Å². The van der Waals surface area contributed by atoms with E-state index in [1.165, 1.54) is 31.5 Å². The molecule has 2 aliphatic heterocycles. The minimum atomic E-state index is 0.164. The Morgan fingerprint density at radius 3 is 2.61 bits per heavy atom. The van der Waals surface area contributed by atoms with E-state index in [4.69, 9.17) is 4.74 Å². The molecule has 0 saturated carbocycles. The lowest BCUT2D eigenvalue weighted by atomic mass is 10.2. The first kappa shape index (κ1) is 16.7. The van der Waals surface area contributed by atoms with Crippen LogP contribution in [-0.2, 0) is 4.79 Å². The normalized spacial score (nSPS) is 22.0. The van der Waals surface area contributed by atoms with Gasteiger partial charge in [-0.25, -0.2) is 0 Å². The molecule has 1 aromatic rings. The van der Waals surface area contributed by atoms with Crippen molar-refractivity contribution in [1.82, 2.24) is 9.80 Å². The average molecular weight is 334 g/mol. The summed E-state index contributed by atoms with van der Waals surface area (Å²) in [5.74, 6) is 1.77. The van der Waals surface area contributed by atoms with E-state index in [9.17, 15) is 4.79 Å². The number of carbonyl (C=O) groups is 1. The van der Waals surface area contributed by atoms with E-state index in [2.05, 4.69) is 21.9 Å². The number of thioether (sulfide) groups is 1. The molecule has 1 amide bonds. The molecule has 2 aliphatic rings. The Morgan fingerprint density at radius 1 is 1.17 bits per heavy atom. The lowest BCUT2D eigenvalue weighted by Gasteiger charge is -2.25. The van der Waals surface area contributed by atoms with Gasteiger partial charge in [0.15, 0.2) is 0 Å². The number of nitrogens with zero attached hydrogens (tertiary/aromatic N) is 2. The van der Waals surface area contributed by atoms with Gasteiger partial charge < -0.3 is 14.5 Å². The predicted octanol–water partition coefficient (Wildman–Crippen LogP) is 3.15. The van der Waals surface area contributed by atoms with Gasteiger partial charge in [-0.2, -0.15) is 0 Å². The summed E-state index contributed by atoms with van der Waals surface area (Å²) in [7, 11) is 0. The highest BCUT2D eigenvalue weighted by molar-refractivity contribution is 8.00. The molecule has 2 fully saturated rings. The fraction of sp³-hybridized carbons (Fsp3) is 0.611. The van der Waals surface area contributed by atoms with Gasteiger partial charge in [0.1, 0.15) is 11.1 Å². The number of hydrogen-bond donors (Lipinski definition) is 0. The lowest BCUT2D eigenvalue weighted by Crippen LogP contribution is -2.31. The van der Waals surface area contributed by atoms with Crippen molar-refractivity contribution >= 4 is 17.7 Å². The summed E-state index contributed by atoms with van der Waals surface area (Å²) in [5.41, 5.74) is 1.20. The Labute approximate surface area is 143 Å². The number of amides is 1. The van der Waals surface area contributed by atoms with Crippen LogP contribution < -0.4 is 4.74 Å². The van der Waals surface area contributed by atoms with Crippen LogP contribution in [0.4, 0.5) is 0 Å². The summed E-state index contributed by atoms with van der Waals surface area (Å²) in [4.78, 5) is 16.8. The molecule has 0 bridgehead atoms. The molecule has 1 aromatic carbocycles. The largest absolute Gasteiger partial charge is 0.494 e. The Balaban J connectivity index is 1.57. The van der Waals surface area contributed by atoms with Crippen molar-refractivity contribution in [2.75, 3.05) is 38.5 Å². The van der Waals surface area contributed by atoms with Crippen molar-refractivity contribution < 1.29 is 9.53 Å². The van der Waals surface area contributed by atoms with Crippen LogP contribution in [0.1, 0.15) is 37.1 Å². The van der Waals surface area contributed by atoms with E-state index < -0.39 is 0 Å². The molecule has 0 spiro atoms. The first-order valence-corrected chi connectivity index (χ1v) is 9.69. The van der Waals surface area contributed by atoms with Crippen molar-refractivity contribution in [3.8, 4) is 5.75 Å². The number of benzene rings is 1. The van der Waals surface area contributed by atoms with Crippen LogP contribution in [0.5, 0.6) is 5.75 Å². The molecule has 2 heterocycles. The molecule has 5 heteroatoms. The van der Waals surface area contributed by atoms with E-state index in [-0.39, 0.29) is 11.3 Å². The first-order valence-electron chi connectivity index (χ1n) is 8.64. The molecule has 0 aliphatic carbocycles. The molecular formula is C18H26N2O2S. The van der Waals surface area contributed by atoms with Gasteiger partial charge in [-0.05, 0) is 63.5 Å². The third-order valence-corrected chi connectivity index (χ3v) is 5.77. The van der Waals surface area contributed by atoms with Gasteiger partial charge >= 0.3 is 0 Å². The Kier molecular flexibility index (Phi) is 5.84. The summed E-state index contributed by atoms with van der Waals surface area (Å²) in [6, 6.07) is 8.19. The topological polar surface area (TPSA) is 32.8 Å². The van der Waals surface area contributed by atoms with Crippen LogP contribution in [0.15, 0.2) is 24.3 Å². The van der Waals surface area contributed by atoms with Gasteiger partial charge in [0, 0.05) is 6.54 Å². The third-order valence-electron chi connectivity index (χ3n) is 4.52. The molecule has 0 radical (unpaired) electrons. The van der Waals surface area contributed by atoms with Gasteiger partial charge in [-0.3, -0.25) is 4.79 Å². The molecule has 23 heavy (non-hydrogen) atoms. The van der Waals surface area contributed by atoms with Gasteiger partial charge in [0.25, 0.3) is 0 Å². The van der Waals surface area contributed by atoms with Crippen LogP contribution in [0.2, 0.25) is 0 Å². The molecule has 0 aromatic heterocycles. The summed E-state index contributed by atoms with van der Waals surface area (Å²) in [6.45, 7) is 7.10. The molecule has 1 unspecified atom stereocenters. The predicted molar refractivity (Wildman–Crippen MR) is 94.8 cm³/mol. The average Bonchev–Trinajstić information content (AvgIpc) is 3.20. The molecule has 2 saturated heterocycles.